The van der Waals surface area contributed by atoms with E-state index in [1.807, 2.05) is 0 Å². The van der Waals surface area contributed by atoms with E-state index >= 15 is 0 Å². The molecule has 0 aliphatic rings. The van der Waals surface area contributed by atoms with E-state index in [1.54, 1.807) is 13.0 Å². The summed E-state index contributed by atoms with van der Waals surface area (Å²) in [5.41, 5.74) is 0.381. The first-order chi connectivity index (χ1) is 12.2. The number of ether oxygens (including phenoxy) is 1. The molecule has 0 aliphatic heterocycles. The molecule has 0 aromatic heterocycles. The fourth-order valence-electron chi connectivity index (χ4n) is 2.39. The Labute approximate surface area is 156 Å². The van der Waals surface area contributed by atoms with Crippen LogP contribution in [0.25, 0.3) is 0 Å². The Kier molecular flexibility index (Phi) is 5.89. The van der Waals surface area contributed by atoms with Gasteiger partial charge in [-0.25, -0.2) is 8.42 Å². The number of nitrogens with zero attached hydrogens (tertiary/aromatic N) is 2. The van der Waals surface area contributed by atoms with E-state index in [2.05, 4.69) is 6.58 Å². The van der Waals surface area contributed by atoms with Crippen molar-refractivity contribution in [1.29, 1.82) is 0 Å². The Bertz CT molecular complexity index is 960. The van der Waals surface area contributed by atoms with E-state index in [0.717, 1.165) is 10.4 Å². The van der Waals surface area contributed by atoms with Gasteiger partial charge in [0.2, 0.25) is 0 Å². The second-order valence-electron chi connectivity index (χ2n) is 5.35. The Balaban J connectivity index is 2.62. The fourth-order valence-corrected chi connectivity index (χ4v) is 4.19. The minimum absolute atomic E-state index is 0.00855. The van der Waals surface area contributed by atoms with E-state index in [9.17, 15) is 18.5 Å². The van der Waals surface area contributed by atoms with Gasteiger partial charge in [-0.1, -0.05) is 17.7 Å². The molecule has 2 aromatic carbocycles. The molecule has 0 atom stereocenters. The lowest BCUT2D eigenvalue weighted by atomic mass is 10.2. The predicted octanol–water partition coefficient (Wildman–Crippen LogP) is 3.95. The molecule has 0 spiro atoms. The van der Waals surface area contributed by atoms with Crippen LogP contribution in [0.15, 0.2) is 53.9 Å². The molecular formula is C17H17ClN2O5S. The molecule has 9 heteroatoms. The van der Waals surface area contributed by atoms with Crippen LogP contribution in [0.5, 0.6) is 5.75 Å². The topological polar surface area (TPSA) is 89.8 Å². The second kappa shape index (κ2) is 7.76. The highest BCUT2D eigenvalue weighted by molar-refractivity contribution is 7.92. The number of non-ortho nitro benzene ring substituents is 1. The summed E-state index contributed by atoms with van der Waals surface area (Å²) in [4.78, 5) is 10.4. The van der Waals surface area contributed by atoms with Gasteiger partial charge in [-0.15, -0.1) is 6.58 Å². The van der Waals surface area contributed by atoms with Gasteiger partial charge in [-0.05, 0) is 36.8 Å². The molecule has 0 unspecified atom stereocenters. The number of aryl methyl sites for hydroxylation is 1. The molecule has 0 N–H and O–H groups in total. The van der Waals surface area contributed by atoms with Crippen molar-refractivity contribution in [2.75, 3.05) is 18.0 Å². The number of hydrogen-bond donors (Lipinski definition) is 0. The summed E-state index contributed by atoms with van der Waals surface area (Å²) in [5, 5.41) is 11.1. The van der Waals surface area contributed by atoms with Gasteiger partial charge in [0.05, 0.1) is 34.2 Å². The SMILES string of the molecule is C=CCN(c1cc([N+](=O)[O-])ccc1Cl)S(=O)(=O)c1ccc(OC)c(C)c1. The standard InChI is InChI=1S/C17H17ClN2O5S/c1-4-9-19(16-11-13(20(21)22)5-7-15(16)18)26(23,24)14-6-8-17(25-3)12(2)10-14/h4-8,10-11H,1,9H2,2-3H3. The molecule has 2 rings (SSSR count). The van der Waals surface area contributed by atoms with E-state index in [1.165, 1.54) is 37.5 Å². The van der Waals surface area contributed by atoms with Gasteiger partial charge in [0.25, 0.3) is 15.7 Å². The number of sulfonamides is 1. The zero-order valence-electron chi connectivity index (χ0n) is 14.2. The normalized spacial score (nSPS) is 11.0. The molecule has 0 aliphatic carbocycles. The molecular weight excluding hydrogens is 380 g/mol. The maximum absolute atomic E-state index is 13.1. The van der Waals surface area contributed by atoms with Crippen LogP contribution in [-0.4, -0.2) is 27.0 Å². The highest BCUT2D eigenvalue weighted by Crippen LogP contribution is 2.34. The second-order valence-corrected chi connectivity index (χ2v) is 7.62. The van der Waals surface area contributed by atoms with Crippen LogP contribution < -0.4 is 9.04 Å². The van der Waals surface area contributed by atoms with Gasteiger partial charge < -0.3 is 4.74 Å². The van der Waals surface area contributed by atoms with Crippen LogP contribution >= 0.6 is 11.6 Å². The van der Waals surface area contributed by atoms with Gasteiger partial charge in [0, 0.05) is 12.1 Å². The molecule has 138 valence electrons. The summed E-state index contributed by atoms with van der Waals surface area (Å²) in [6.45, 7) is 5.18. The van der Waals surface area contributed by atoms with Crippen molar-refractivity contribution < 1.29 is 18.1 Å². The molecule has 7 nitrogen and oxygen atoms in total. The van der Waals surface area contributed by atoms with Crippen molar-refractivity contribution in [3.8, 4) is 5.75 Å². The lowest BCUT2D eigenvalue weighted by Gasteiger charge is -2.24. The molecule has 0 fully saturated rings. The summed E-state index contributed by atoms with van der Waals surface area (Å²) in [7, 11) is -2.54. The minimum atomic E-state index is -4.03. The Morgan fingerprint density at radius 2 is 2.00 bits per heavy atom. The van der Waals surface area contributed by atoms with Crippen LogP contribution in [0.1, 0.15) is 5.56 Å². The molecule has 0 heterocycles. The summed E-state index contributed by atoms with van der Waals surface area (Å²) in [5.74, 6) is 0.549. The van der Waals surface area contributed by atoms with Crippen LogP contribution in [0.3, 0.4) is 0 Å². The Hall–Kier alpha value is -2.58. The lowest BCUT2D eigenvalue weighted by Crippen LogP contribution is -2.31. The average Bonchev–Trinajstić information content (AvgIpc) is 2.60. The maximum atomic E-state index is 13.1. The Morgan fingerprint density at radius 3 is 2.54 bits per heavy atom. The number of halogens is 1. The van der Waals surface area contributed by atoms with E-state index in [0.29, 0.717) is 11.3 Å². The van der Waals surface area contributed by atoms with Crippen LogP contribution in [-0.2, 0) is 10.0 Å². The molecule has 0 saturated carbocycles. The molecule has 26 heavy (non-hydrogen) atoms. The zero-order chi connectivity index (χ0) is 19.5. The maximum Gasteiger partial charge on any atom is 0.271 e. The molecule has 0 radical (unpaired) electrons. The van der Waals surface area contributed by atoms with Crippen molar-refractivity contribution in [2.45, 2.75) is 11.8 Å². The van der Waals surface area contributed by atoms with Gasteiger partial charge in [0.1, 0.15) is 5.75 Å². The number of benzene rings is 2. The lowest BCUT2D eigenvalue weighted by molar-refractivity contribution is -0.384. The van der Waals surface area contributed by atoms with Crippen molar-refractivity contribution in [3.63, 3.8) is 0 Å². The zero-order valence-corrected chi connectivity index (χ0v) is 15.7. The number of anilines is 1. The molecule has 0 saturated heterocycles. The first-order valence-electron chi connectivity index (χ1n) is 7.44. The van der Waals surface area contributed by atoms with E-state index < -0.39 is 14.9 Å². The number of nitro groups is 1. The van der Waals surface area contributed by atoms with Gasteiger partial charge >= 0.3 is 0 Å². The number of rotatable bonds is 7. The van der Waals surface area contributed by atoms with Crippen LogP contribution in [0, 0.1) is 17.0 Å². The number of nitro benzene ring substituents is 1. The fraction of sp³-hybridized carbons (Fsp3) is 0.176. The minimum Gasteiger partial charge on any atom is -0.496 e. The van der Waals surface area contributed by atoms with Crippen molar-refractivity contribution >= 4 is 33.0 Å². The Morgan fingerprint density at radius 1 is 1.31 bits per heavy atom. The van der Waals surface area contributed by atoms with Gasteiger partial charge in [0.15, 0.2) is 0 Å². The monoisotopic (exact) mass is 396 g/mol. The smallest absolute Gasteiger partial charge is 0.271 e. The quantitative estimate of drug-likeness (QED) is 0.401. The number of hydrogen-bond acceptors (Lipinski definition) is 5. The largest absolute Gasteiger partial charge is 0.496 e. The molecule has 0 bridgehead atoms. The highest BCUT2D eigenvalue weighted by Gasteiger charge is 2.27. The average molecular weight is 397 g/mol. The first-order valence-corrected chi connectivity index (χ1v) is 9.26. The third kappa shape index (κ3) is 3.81. The van der Waals surface area contributed by atoms with Crippen LogP contribution in [0.4, 0.5) is 11.4 Å². The summed E-state index contributed by atoms with van der Waals surface area (Å²) in [6, 6.07) is 8.04. The summed E-state index contributed by atoms with van der Waals surface area (Å²) in [6.07, 6.45) is 1.38. The number of methoxy groups -OCH3 is 1. The van der Waals surface area contributed by atoms with Gasteiger partial charge in [-0.2, -0.15) is 0 Å². The van der Waals surface area contributed by atoms with Crippen LogP contribution in [0.2, 0.25) is 5.02 Å². The van der Waals surface area contributed by atoms with E-state index in [4.69, 9.17) is 16.3 Å². The van der Waals surface area contributed by atoms with Crippen molar-refractivity contribution in [1.82, 2.24) is 0 Å². The summed E-state index contributed by atoms with van der Waals surface area (Å²) >= 11 is 6.12. The first kappa shape index (κ1) is 19.7. The third-order valence-electron chi connectivity index (χ3n) is 3.66. The van der Waals surface area contributed by atoms with Crippen molar-refractivity contribution in [3.05, 3.63) is 69.8 Å². The third-order valence-corrected chi connectivity index (χ3v) is 5.75. The summed E-state index contributed by atoms with van der Waals surface area (Å²) < 4.78 is 32.4. The van der Waals surface area contributed by atoms with E-state index in [-0.39, 0.29) is 27.8 Å². The molecule has 2 aromatic rings. The molecule has 0 amide bonds. The van der Waals surface area contributed by atoms with Gasteiger partial charge in [-0.3, -0.25) is 14.4 Å². The predicted molar refractivity (Wildman–Crippen MR) is 101 cm³/mol. The van der Waals surface area contributed by atoms with Crippen molar-refractivity contribution in [2.24, 2.45) is 0 Å². The highest BCUT2D eigenvalue weighted by atomic mass is 35.5.